The van der Waals surface area contributed by atoms with Crippen molar-refractivity contribution in [2.75, 3.05) is 0 Å². The van der Waals surface area contributed by atoms with Crippen molar-refractivity contribution in [1.29, 1.82) is 0 Å². The monoisotopic (exact) mass is 1020 g/mol. The van der Waals surface area contributed by atoms with Gasteiger partial charge in [-0.05, 0) is 0 Å². The molecule has 51 heavy (non-hydrogen) atoms. The Balaban J connectivity index is -0.0000000386. The van der Waals surface area contributed by atoms with Gasteiger partial charge in [-0.2, -0.15) is 0 Å². The molecule has 324 valence electrons. The maximum atomic E-state index is 8.88. The molecule has 0 spiro atoms. The number of hydrogen-bond donors (Lipinski definition) is 30. The average Bonchev–Trinajstić information content (AvgIpc) is 2.34. The molecule has 0 radical (unpaired) electrons. The van der Waals surface area contributed by atoms with Crippen LogP contribution >= 0.6 is 78.2 Å². The molecule has 0 aromatic heterocycles. The van der Waals surface area contributed by atoms with Gasteiger partial charge in [-0.3, -0.25) is 0 Å². The first-order valence-electron chi connectivity index (χ1n) is 7.83. The molecule has 0 bridgehead atoms. The van der Waals surface area contributed by atoms with E-state index in [1.54, 1.807) is 0 Å². The molecule has 0 unspecified atom stereocenters. The third-order valence-corrected chi connectivity index (χ3v) is 0. The van der Waals surface area contributed by atoms with E-state index >= 15 is 0 Å². The van der Waals surface area contributed by atoms with E-state index in [0.717, 1.165) is 0 Å². The van der Waals surface area contributed by atoms with Gasteiger partial charge in [0.15, 0.2) is 0 Å². The summed E-state index contributed by atoms with van der Waals surface area (Å²) in [5.41, 5.74) is 0. The van der Waals surface area contributed by atoms with Gasteiger partial charge < -0.3 is 147 Å². The molecule has 0 aliphatic carbocycles. The summed E-state index contributed by atoms with van der Waals surface area (Å²) in [7, 11) is -46.4. The summed E-state index contributed by atoms with van der Waals surface area (Å²) in [4.78, 5) is 216. The van der Waals surface area contributed by atoms with Gasteiger partial charge in [0.1, 0.15) is 0 Å². The van der Waals surface area contributed by atoms with Gasteiger partial charge in [0.05, 0.1) is 0 Å². The van der Waals surface area contributed by atoms with E-state index in [-0.39, 0.29) is 37.7 Å². The van der Waals surface area contributed by atoms with Gasteiger partial charge in [-0.15, -0.1) is 0 Å². The predicted octanol–water partition coefficient (Wildman–Crippen LogP) is -10.2. The molecule has 0 aliphatic heterocycles. The zero-order valence-corrected chi connectivity index (χ0v) is 30.9. The minimum absolute atomic E-state index is 0. The molecular weight excluding hydrogens is 990 g/mol. The molecule has 0 amide bonds. The van der Waals surface area contributed by atoms with Crippen LogP contribution in [0.5, 0.6) is 0 Å². The number of phosphoric acid groups is 10. The third kappa shape index (κ3) is 23800. The summed E-state index contributed by atoms with van der Waals surface area (Å²) >= 11 is 0. The summed E-state index contributed by atoms with van der Waals surface area (Å²) in [6.07, 6.45) is 0. The van der Waals surface area contributed by atoms with Crippen molar-refractivity contribution in [2.45, 2.75) is 0 Å². The van der Waals surface area contributed by atoms with Crippen molar-refractivity contribution in [3.8, 4) is 0 Å². The van der Waals surface area contributed by atoms with Crippen molar-refractivity contribution in [1.82, 2.24) is 0 Å². The van der Waals surface area contributed by atoms with Crippen LogP contribution < -0.4 is 0 Å². The summed E-state index contributed by atoms with van der Waals surface area (Å²) in [6.45, 7) is 0. The number of hydrogen-bond acceptors (Lipinski definition) is 10. The van der Waals surface area contributed by atoms with Crippen LogP contribution in [-0.2, 0) is 45.7 Å². The Morgan fingerprint density at radius 1 is 0.137 bits per heavy atom. The quantitative estimate of drug-likeness (QED) is 0.0791. The summed E-state index contributed by atoms with van der Waals surface area (Å²) in [5, 5.41) is 0. The van der Waals surface area contributed by atoms with Crippen LogP contribution in [0, 0.1) is 0 Å². The second kappa shape index (κ2) is 35.5. The van der Waals surface area contributed by atoms with E-state index < -0.39 is 78.2 Å². The SMILES string of the molecule is O=P(O)(O)O.O=P(O)(O)O.O=P(O)(O)O.O=P(O)(O)O.O=P(O)(O)O.O=P(O)(O)O.O=P(O)(O)O.O=P(O)(O)O.O=P(O)(O)O.O=P(O)(O)O.[CaH2]. The Kier molecular flexibility index (Phi) is 56.8. The van der Waals surface area contributed by atoms with Crippen molar-refractivity contribution >= 4 is 116 Å². The standard InChI is InChI=1S/Ca.10H3O4P.2H/c;10*1-5(2,3)4;;/h;10*(H3,1,2,3,4);;. The zero-order chi connectivity index (χ0) is 45.0. The molecule has 0 aromatic rings. The molecule has 30 N–H and O–H groups in total. The van der Waals surface area contributed by atoms with E-state index in [0.29, 0.717) is 0 Å². The molecule has 0 saturated carbocycles. The first kappa shape index (κ1) is 81.5. The molecule has 0 aliphatic rings. The number of rotatable bonds is 0. The first-order chi connectivity index (χ1) is 20.0. The molecule has 40 nitrogen and oxygen atoms in total. The molecule has 0 fully saturated rings. The Hall–Kier alpha value is 2.36. The normalized spacial score (nSPS) is 11.6. The third-order valence-electron chi connectivity index (χ3n) is 0. The molecule has 0 rings (SSSR count). The minimum atomic E-state index is -4.64. The van der Waals surface area contributed by atoms with E-state index in [4.69, 9.17) is 192 Å². The molecular formula is H32CaO40P10. The topological polar surface area (TPSA) is 778 Å². The van der Waals surface area contributed by atoms with Gasteiger partial charge in [-0.25, -0.2) is 45.7 Å². The van der Waals surface area contributed by atoms with E-state index in [1.807, 2.05) is 0 Å². The fourth-order valence-electron chi connectivity index (χ4n) is 0. The van der Waals surface area contributed by atoms with Crippen LogP contribution in [0.4, 0.5) is 0 Å². The van der Waals surface area contributed by atoms with Crippen LogP contribution in [0.3, 0.4) is 0 Å². The maximum absolute atomic E-state index is 8.88. The fraction of sp³-hybridized carbons (Fsp3) is 0. The Labute approximate surface area is 307 Å². The van der Waals surface area contributed by atoms with Crippen molar-refractivity contribution in [3.05, 3.63) is 0 Å². The summed E-state index contributed by atoms with van der Waals surface area (Å²) in [5.74, 6) is 0. The zero-order valence-electron chi connectivity index (χ0n) is 22.0. The molecule has 0 saturated heterocycles. The van der Waals surface area contributed by atoms with Gasteiger partial charge in [0, 0.05) is 0 Å². The van der Waals surface area contributed by atoms with Crippen molar-refractivity contribution in [3.63, 3.8) is 0 Å². The van der Waals surface area contributed by atoms with E-state index in [2.05, 4.69) is 0 Å². The Morgan fingerprint density at radius 2 is 0.137 bits per heavy atom. The average molecular weight is 1020 g/mol. The van der Waals surface area contributed by atoms with Crippen molar-refractivity contribution in [2.24, 2.45) is 0 Å². The van der Waals surface area contributed by atoms with Crippen LogP contribution in [0.15, 0.2) is 0 Å². The predicted molar refractivity (Wildman–Crippen MR) is 151 cm³/mol. The summed E-state index contributed by atoms with van der Waals surface area (Å²) in [6, 6.07) is 0. The van der Waals surface area contributed by atoms with E-state index in [9.17, 15) is 0 Å². The molecule has 0 aromatic carbocycles. The van der Waals surface area contributed by atoms with Gasteiger partial charge in [-0.1, -0.05) is 0 Å². The second-order valence-electron chi connectivity index (χ2n) is 5.13. The second-order valence-corrected chi connectivity index (χ2v) is 15.4. The summed E-state index contributed by atoms with van der Waals surface area (Å²) < 4.78 is 88.8. The molecule has 0 atom stereocenters. The van der Waals surface area contributed by atoms with Crippen LogP contribution in [0.25, 0.3) is 0 Å². The van der Waals surface area contributed by atoms with Gasteiger partial charge in [0.2, 0.25) is 0 Å². The van der Waals surface area contributed by atoms with E-state index in [1.165, 1.54) is 0 Å². The van der Waals surface area contributed by atoms with Crippen molar-refractivity contribution < 1.29 is 192 Å². The first-order valence-corrected chi connectivity index (χ1v) is 23.5. The molecule has 51 heteroatoms. The van der Waals surface area contributed by atoms with Crippen LogP contribution in [-0.4, -0.2) is 185 Å². The van der Waals surface area contributed by atoms with Crippen LogP contribution in [0.1, 0.15) is 0 Å². The molecule has 0 heterocycles. The Morgan fingerprint density at radius 3 is 0.137 bits per heavy atom. The van der Waals surface area contributed by atoms with Gasteiger partial charge in [0.25, 0.3) is 0 Å². The Bertz CT molecular complexity index is 837. The fourth-order valence-corrected chi connectivity index (χ4v) is 0. The van der Waals surface area contributed by atoms with Crippen LogP contribution in [0.2, 0.25) is 0 Å². The van der Waals surface area contributed by atoms with Gasteiger partial charge >= 0.3 is 116 Å².